The maximum Gasteiger partial charge on any atom is 0.416 e. The molecule has 0 aliphatic carbocycles. The fraction of sp³-hybridized carbons (Fsp3) is 0.278. The molecule has 6 nitrogen and oxygen atoms in total. The SMILES string of the molecule is C[C@H]([C@@H](C)O)n1nnc(-c2ccccc2Nc2ccc(C(F)(F)F)cc2)n1. The fourth-order valence-electron chi connectivity index (χ4n) is 2.38. The number of nitrogens with zero attached hydrogens (tertiary/aromatic N) is 4. The van der Waals surface area contributed by atoms with Crippen LogP contribution in [0.2, 0.25) is 0 Å². The van der Waals surface area contributed by atoms with Crippen LogP contribution < -0.4 is 5.32 Å². The van der Waals surface area contributed by atoms with E-state index >= 15 is 0 Å². The smallest absolute Gasteiger partial charge is 0.391 e. The Bertz CT molecular complexity index is 906. The van der Waals surface area contributed by atoms with E-state index in [4.69, 9.17) is 0 Å². The van der Waals surface area contributed by atoms with Crippen molar-refractivity contribution in [1.82, 2.24) is 20.2 Å². The van der Waals surface area contributed by atoms with Crippen molar-refractivity contribution in [2.24, 2.45) is 0 Å². The lowest BCUT2D eigenvalue weighted by atomic mass is 10.1. The number of nitrogens with one attached hydrogen (secondary N) is 1. The number of alkyl halides is 3. The number of para-hydroxylation sites is 1. The predicted octanol–water partition coefficient (Wildman–Crippen LogP) is 4.04. The van der Waals surface area contributed by atoms with E-state index in [2.05, 4.69) is 20.7 Å². The first-order valence-electron chi connectivity index (χ1n) is 8.27. The van der Waals surface area contributed by atoms with E-state index in [1.165, 1.54) is 16.9 Å². The van der Waals surface area contributed by atoms with Crippen LogP contribution in [-0.2, 0) is 6.18 Å². The number of anilines is 2. The number of hydrogen-bond acceptors (Lipinski definition) is 5. The Balaban J connectivity index is 1.87. The summed E-state index contributed by atoms with van der Waals surface area (Å²) in [5.74, 6) is 0.345. The van der Waals surface area contributed by atoms with Crippen LogP contribution >= 0.6 is 0 Å². The normalized spacial score (nSPS) is 14.0. The molecule has 0 fully saturated rings. The Morgan fingerprint density at radius 1 is 1.04 bits per heavy atom. The number of rotatable bonds is 5. The highest BCUT2D eigenvalue weighted by atomic mass is 19.4. The van der Waals surface area contributed by atoms with Crippen LogP contribution in [0.1, 0.15) is 25.5 Å². The Hall–Kier alpha value is -2.94. The number of aliphatic hydroxyl groups is 1. The molecule has 9 heteroatoms. The zero-order valence-electron chi connectivity index (χ0n) is 14.6. The largest absolute Gasteiger partial charge is 0.416 e. The second kappa shape index (κ2) is 7.36. The van der Waals surface area contributed by atoms with Gasteiger partial charge in [-0.3, -0.25) is 0 Å². The van der Waals surface area contributed by atoms with Gasteiger partial charge in [0, 0.05) is 16.9 Å². The Morgan fingerprint density at radius 2 is 1.70 bits per heavy atom. The first-order chi connectivity index (χ1) is 12.8. The molecule has 0 aliphatic heterocycles. The van der Waals surface area contributed by atoms with E-state index in [1.807, 2.05) is 0 Å². The minimum atomic E-state index is -4.38. The average molecular weight is 377 g/mol. The molecule has 3 rings (SSSR count). The third-order valence-corrected chi connectivity index (χ3v) is 4.15. The van der Waals surface area contributed by atoms with Crippen molar-refractivity contribution in [3.05, 3.63) is 54.1 Å². The molecule has 1 aromatic heterocycles. The van der Waals surface area contributed by atoms with Gasteiger partial charge in [-0.25, -0.2) is 0 Å². The number of aliphatic hydroxyl groups excluding tert-OH is 1. The van der Waals surface area contributed by atoms with E-state index < -0.39 is 17.8 Å². The summed E-state index contributed by atoms with van der Waals surface area (Å²) < 4.78 is 38.1. The molecule has 0 bridgehead atoms. The van der Waals surface area contributed by atoms with Crippen LogP contribution in [0.15, 0.2) is 48.5 Å². The van der Waals surface area contributed by atoms with Gasteiger partial charge in [-0.15, -0.1) is 10.2 Å². The second-order valence-electron chi connectivity index (χ2n) is 6.16. The third-order valence-electron chi connectivity index (χ3n) is 4.15. The number of aromatic nitrogens is 4. The van der Waals surface area contributed by atoms with E-state index in [-0.39, 0.29) is 6.04 Å². The fourth-order valence-corrected chi connectivity index (χ4v) is 2.38. The van der Waals surface area contributed by atoms with Gasteiger partial charge in [0.2, 0.25) is 5.82 Å². The summed E-state index contributed by atoms with van der Waals surface area (Å²) >= 11 is 0. The average Bonchev–Trinajstić information content (AvgIpc) is 3.11. The predicted molar refractivity (Wildman–Crippen MR) is 94.4 cm³/mol. The van der Waals surface area contributed by atoms with E-state index in [0.717, 1.165) is 12.1 Å². The van der Waals surface area contributed by atoms with Crippen LogP contribution in [0, 0.1) is 0 Å². The van der Waals surface area contributed by atoms with Gasteiger partial charge in [0.25, 0.3) is 0 Å². The molecule has 0 spiro atoms. The topological polar surface area (TPSA) is 75.9 Å². The maximum absolute atomic E-state index is 12.7. The van der Waals surface area contributed by atoms with Crippen LogP contribution in [0.4, 0.5) is 24.5 Å². The van der Waals surface area contributed by atoms with Gasteiger partial charge in [0.1, 0.15) is 0 Å². The lowest BCUT2D eigenvalue weighted by Gasteiger charge is -2.12. The molecule has 142 valence electrons. The molecule has 0 saturated heterocycles. The molecule has 0 aliphatic rings. The molecular weight excluding hydrogens is 359 g/mol. The number of hydrogen-bond donors (Lipinski definition) is 2. The summed E-state index contributed by atoms with van der Waals surface area (Å²) in [7, 11) is 0. The Morgan fingerprint density at radius 3 is 2.33 bits per heavy atom. The standard InChI is InChI=1S/C18H18F3N5O/c1-11(12(2)27)26-24-17(23-25-26)15-5-3-4-6-16(15)22-14-9-7-13(8-10-14)18(19,20)21/h3-12,22,27H,1-2H3/t11-,12-/m1/s1. The van der Waals surface area contributed by atoms with Crippen LogP contribution in [0.25, 0.3) is 11.4 Å². The van der Waals surface area contributed by atoms with Crippen molar-refractivity contribution in [3.8, 4) is 11.4 Å². The van der Waals surface area contributed by atoms with Crippen molar-refractivity contribution in [1.29, 1.82) is 0 Å². The molecule has 0 radical (unpaired) electrons. The molecule has 2 atom stereocenters. The molecule has 2 N–H and O–H groups in total. The zero-order valence-corrected chi connectivity index (χ0v) is 14.6. The van der Waals surface area contributed by atoms with Gasteiger partial charge in [0.05, 0.1) is 17.7 Å². The van der Waals surface area contributed by atoms with Crippen molar-refractivity contribution in [2.45, 2.75) is 32.2 Å². The summed E-state index contributed by atoms with van der Waals surface area (Å²) in [6, 6.07) is 11.5. The highest BCUT2D eigenvalue weighted by molar-refractivity contribution is 5.77. The van der Waals surface area contributed by atoms with Crippen LogP contribution in [0.3, 0.4) is 0 Å². The highest BCUT2D eigenvalue weighted by Crippen LogP contribution is 2.32. The van der Waals surface area contributed by atoms with Gasteiger partial charge in [0.15, 0.2) is 0 Å². The summed E-state index contributed by atoms with van der Waals surface area (Å²) in [5.41, 5.74) is 1.06. The monoisotopic (exact) mass is 377 g/mol. The molecule has 1 heterocycles. The number of tetrazole rings is 1. The molecular formula is C18H18F3N5O. The zero-order chi connectivity index (χ0) is 19.6. The van der Waals surface area contributed by atoms with Crippen molar-refractivity contribution in [2.75, 3.05) is 5.32 Å². The van der Waals surface area contributed by atoms with E-state index in [9.17, 15) is 18.3 Å². The van der Waals surface area contributed by atoms with E-state index in [1.54, 1.807) is 38.1 Å². The number of halogens is 3. The summed E-state index contributed by atoms with van der Waals surface area (Å²) in [4.78, 5) is 1.33. The van der Waals surface area contributed by atoms with Crippen molar-refractivity contribution < 1.29 is 18.3 Å². The van der Waals surface area contributed by atoms with Crippen molar-refractivity contribution in [3.63, 3.8) is 0 Å². The quantitative estimate of drug-likeness (QED) is 0.702. The minimum absolute atomic E-state index is 0.345. The molecule has 0 amide bonds. The molecule has 0 saturated carbocycles. The number of benzene rings is 2. The summed E-state index contributed by atoms with van der Waals surface area (Å²) in [6.45, 7) is 3.40. The van der Waals surface area contributed by atoms with Gasteiger partial charge in [-0.1, -0.05) is 12.1 Å². The minimum Gasteiger partial charge on any atom is -0.391 e. The Kier molecular flexibility index (Phi) is 5.13. The maximum atomic E-state index is 12.7. The van der Waals surface area contributed by atoms with Gasteiger partial charge >= 0.3 is 6.18 Å². The molecule has 2 aromatic carbocycles. The highest BCUT2D eigenvalue weighted by Gasteiger charge is 2.30. The first kappa shape index (κ1) is 18.8. The van der Waals surface area contributed by atoms with E-state index in [0.29, 0.717) is 22.8 Å². The molecule has 27 heavy (non-hydrogen) atoms. The van der Waals surface area contributed by atoms with Gasteiger partial charge in [-0.05, 0) is 55.5 Å². The van der Waals surface area contributed by atoms with Gasteiger partial charge in [-0.2, -0.15) is 18.0 Å². The lowest BCUT2D eigenvalue weighted by molar-refractivity contribution is -0.137. The molecule has 3 aromatic rings. The Labute approximate surface area is 153 Å². The van der Waals surface area contributed by atoms with Crippen LogP contribution in [-0.4, -0.2) is 31.4 Å². The third kappa shape index (κ3) is 4.25. The first-order valence-corrected chi connectivity index (χ1v) is 8.27. The van der Waals surface area contributed by atoms with Crippen molar-refractivity contribution >= 4 is 11.4 Å². The van der Waals surface area contributed by atoms with Crippen LogP contribution in [0.5, 0.6) is 0 Å². The molecule has 0 unspecified atom stereocenters. The summed E-state index contributed by atoms with van der Waals surface area (Å²) in [6.07, 6.45) is -5.02. The second-order valence-corrected chi connectivity index (χ2v) is 6.16. The lowest BCUT2D eigenvalue weighted by Crippen LogP contribution is -2.20. The summed E-state index contributed by atoms with van der Waals surface area (Å²) in [5, 5.41) is 25.0. The van der Waals surface area contributed by atoms with Gasteiger partial charge < -0.3 is 10.4 Å².